The highest BCUT2D eigenvalue weighted by molar-refractivity contribution is 7.07. The molecule has 0 aromatic heterocycles. The zero-order valence-corrected chi connectivity index (χ0v) is 28.5. The van der Waals surface area contributed by atoms with E-state index in [2.05, 4.69) is 72.8 Å². The molecule has 3 rings (SSSR count). The Kier molecular flexibility index (Phi) is 12.4. The number of benzene rings is 3. The Hall–Kier alpha value is 0.447. The smallest absolute Gasteiger partial charge is 0.288 e. The highest BCUT2D eigenvalue weighted by Gasteiger charge is 2.67. The summed E-state index contributed by atoms with van der Waals surface area (Å²) in [7, 11) is -2.73. The minimum absolute atomic E-state index is 0.183. The Bertz CT molecular complexity index is 1060. The molecule has 212 valence electrons. The first-order chi connectivity index (χ1) is 18.3. The number of alkyl halides is 9. The van der Waals surface area contributed by atoms with Crippen molar-refractivity contribution in [2.75, 3.05) is 6.61 Å². The Morgan fingerprint density at radius 3 is 1.26 bits per heavy atom. The third-order valence-corrected chi connectivity index (χ3v) is 16.0. The van der Waals surface area contributed by atoms with Crippen molar-refractivity contribution < 1.29 is 4.43 Å². The van der Waals surface area contributed by atoms with Crippen molar-refractivity contribution in [2.45, 2.75) is 48.9 Å². The van der Waals surface area contributed by atoms with Crippen LogP contribution >= 0.6 is 104 Å². The van der Waals surface area contributed by atoms with Gasteiger partial charge in [-0.2, -0.15) is 0 Å². The van der Waals surface area contributed by atoms with Gasteiger partial charge < -0.3 is 4.43 Å². The second kappa shape index (κ2) is 14.3. The molecule has 0 unspecified atom stereocenters. The van der Waals surface area contributed by atoms with Crippen LogP contribution in [0.2, 0.25) is 0 Å². The maximum Gasteiger partial charge on any atom is 0.288 e. The van der Waals surface area contributed by atoms with Crippen molar-refractivity contribution in [1.29, 1.82) is 0 Å². The third kappa shape index (κ3) is 7.70. The summed E-state index contributed by atoms with van der Waals surface area (Å²) in [4.78, 5) is 0. The predicted octanol–water partition coefficient (Wildman–Crippen LogP) is 9.51. The van der Waals surface area contributed by atoms with E-state index < -0.39 is 25.1 Å². The van der Waals surface area contributed by atoms with E-state index >= 15 is 0 Å². The Morgan fingerprint density at radius 1 is 0.487 bits per heavy atom. The average Bonchev–Trinajstić information content (AvgIpc) is 2.91. The SMILES string of the molecule is ClC(Cl)(Cl)C(Cl)(Cl)C(Cl)(Cl)C(Cl)(Cl)CCCCCCO[Si](c1ccccc1)(c1ccccc1)c1ccccc1. The molecule has 0 aliphatic carbocycles. The predicted molar refractivity (Wildman–Crippen MR) is 177 cm³/mol. The maximum atomic E-state index is 6.94. The topological polar surface area (TPSA) is 9.23 Å². The fraction of sp³-hybridized carbons (Fsp3) is 0.357. The maximum absolute atomic E-state index is 6.94. The summed E-state index contributed by atoms with van der Waals surface area (Å²) in [5.41, 5.74) is 0. The monoisotopic (exact) mass is 722 g/mol. The Labute approximate surface area is 277 Å². The minimum Gasteiger partial charge on any atom is -0.404 e. The van der Waals surface area contributed by atoms with E-state index in [1.807, 2.05) is 18.2 Å². The van der Waals surface area contributed by atoms with E-state index in [1.165, 1.54) is 15.6 Å². The zero-order valence-electron chi connectivity index (χ0n) is 20.7. The van der Waals surface area contributed by atoms with Crippen molar-refractivity contribution in [2.24, 2.45) is 0 Å². The lowest BCUT2D eigenvalue weighted by molar-refractivity contribution is 0.309. The van der Waals surface area contributed by atoms with Gasteiger partial charge in [-0.05, 0) is 28.4 Å². The molecule has 0 amide bonds. The number of rotatable bonds is 13. The lowest BCUT2D eigenvalue weighted by atomic mass is 10.1. The molecule has 11 heteroatoms. The van der Waals surface area contributed by atoms with E-state index in [9.17, 15) is 0 Å². The average molecular weight is 727 g/mol. The second-order valence-electron chi connectivity index (χ2n) is 9.14. The summed E-state index contributed by atoms with van der Waals surface area (Å²) in [6, 6.07) is 31.4. The van der Waals surface area contributed by atoms with Crippen molar-refractivity contribution in [3.05, 3.63) is 91.0 Å². The second-order valence-corrected chi connectivity index (χ2v) is 18.9. The Balaban J connectivity index is 1.67. The molecule has 1 nitrogen and oxygen atoms in total. The normalized spacial score (nSPS) is 13.5. The van der Waals surface area contributed by atoms with Crippen LogP contribution in [-0.4, -0.2) is 31.7 Å². The Morgan fingerprint density at radius 2 is 0.872 bits per heavy atom. The van der Waals surface area contributed by atoms with Gasteiger partial charge in [0.05, 0.1) is 0 Å². The van der Waals surface area contributed by atoms with Gasteiger partial charge in [-0.25, -0.2) is 0 Å². The fourth-order valence-corrected chi connectivity index (χ4v) is 10.6. The molecule has 0 aliphatic heterocycles. The molecule has 0 heterocycles. The molecule has 0 fully saturated rings. The molecule has 0 saturated heterocycles. The van der Waals surface area contributed by atoms with Crippen LogP contribution in [0.3, 0.4) is 0 Å². The lowest BCUT2D eigenvalue weighted by Gasteiger charge is -2.44. The van der Waals surface area contributed by atoms with Crippen LogP contribution in [-0.2, 0) is 4.43 Å². The quantitative estimate of drug-likeness (QED) is 0.0739. The van der Waals surface area contributed by atoms with Gasteiger partial charge in [0.1, 0.15) is 0 Å². The third-order valence-electron chi connectivity index (χ3n) is 6.45. The summed E-state index contributed by atoms with van der Waals surface area (Å²) in [6.07, 6.45) is 3.26. The number of halogens is 9. The molecular formula is C28H27Cl9OSi. The highest BCUT2D eigenvalue weighted by atomic mass is 35.6. The van der Waals surface area contributed by atoms with Crippen LogP contribution in [0.15, 0.2) is 91.0 Å². The first-order valence-electron chi connectivity index (χ1n) is 12.3. The van der Waals surface area contributed by atoms with Crippen molar-refractivity contribution in [3.8, 4) is 0 Å². The molecule has 0 saturated carbocycles. The van der Waals surface area contributed by atoms with Gasteiger partial charge in [-0.1, -0.05) is 215 Å². The van der Waals surface area contributed by atoms with E-state index in [4.69, 9.17) is 109 Å². The molecule has 0 N–H and O–H groups in total. The van der Waals surface area contributed by atoms with Gasteiger partial charge in [-0.15, -0.1) is 0 Å². The molecule has 0 bridgehead atoms. The lowest BCUT2D eigenvalue weighted by Crippen LogP contribution is -2.69. The van der Waals surface area contributed by atoms with E-state index in [0.717, 1.165) is 19.3 Å². The van der Waals surface area contributed by atoms with E-state index in [1.54, 1.807) is 0 Å². The van der Waals surface area contributed by atoms with Gasteiger partial charge in [-0.3, -0.25) is 0 Å². The zero-order chi connectivity index (χ0) is 28.8. The van der Waals surface area contributed by atoms with Crippen molar-refractivity contribution in [1.82, 2.24) is 0 Å². The molecule has 0 radical (unpaired) electrons. The molecule has 3 aromatic carbocycles. The summed E-state index contributed by atoms with van der Waals surface area (Å²) in [5, 5.41) is 3.57. The van der Waals surface area contributed by atoms with Crippen LogP contribution in [0.25, 0.3) is 0 Å². The van der Waals surface area contributed by atoms with E-state index in [-0.39, 0.29) is 6.42 Å². The molecule has 0 spiro atoms. The number of unbranched alkanes of at least 4 members (excludes halogenated alkanes) is 3. The first-order valence-corrected chi connectivity index (χ1v) is 17.6. The van der Waals surface area contributed by atoms with Crippen LogP contribution in [0, 0.1) is 0 Å². The highest BCUT2D eigenvalue weighted by Crippen LogP contribution is 2.63. The standard InChI is InChI=1S/C28H27Cl9OSi/c29-25(30,26(31,32)27(33,34)28(35,36)37)20-12-1-2-13-21-38-39(22-14-6-3-7-15-22,23-16-8-4-9-17-23)24-18-10-5-11-19-24/h3-11,14-19H,1-2,12-13,20-21H2. The largest absolute Gasteiger partial charge is 0.404 e. The molecular weight excluding hydrogens is 699 g/mol. The van der Waals surface area contributed by atoms with Crippen molar-refractivity contribution >= 4 is 128 Å². The van der Waals surface area contributed by atoms with Gasteiger partial charge in [0.2, 0.25) is 3.79 Å². The number of hydrogen-bond acceptors (Lipinski definition) is 1. The van der Waals surface area contributed by atoms with Crippen LogP contribution < -0.4 is 15.6 Å². The van der Waals surface area contributed by atoms with Gasteiger partial charge in [0.15, 0.2) is 13.0 Å². The minimum atomic E-state index is -2.73. The summed E-state index contributed by atoms with van der Waals surface area (Å²) in [6.45, 7) is 0.576. The van der Waals surface area contributed by atoms with Crippen molar-refractivity contribution in [3.63, 3.8) is 0 Å². The van der Waals surface area contributed by atoms with Gasteiger partial charge in [0, 0.05) is 6.61 Å². The van der Waals surface area contributed by atoms with Crippen LogP contribution in [0.1, 0.15) is 32.1 Å². The molecule has 0 aliphatic rings. The fourth-order valence-electron chi connectivity index (χ4n) is 4.36. The summed E-state index contributed by atoms with van der Waals surface area (Å²) in [5.74, 6) is 0. The van der Waals surface area contributed by atoms with E-state index in [0.29, 0.717) is 13.0 Å². The van der Waals surface area contributed by atoms with Crippen LogP contribution in [0.5, 0.6) is 0 Å². The summed E-state index contributed by atoms with van der Waals surface area (Å²) >= 11 is 55.6. The summed E-state index contributed by atoms with van der Waals surface area (Å²) < 4.78 is -1.47. The first kappa shape index (κ1) is 33.9. The van der Waals surface area contributed by atoms with Crippen LogP contribution in [0.4, 0.5) is 0 Å². The van der Waals surface area contributed by atoms with Gasteiger partial charge >= 0.3 is 0 Å². The molecule has 0 atom stereocenters. The molecule has 3 aromatic rings. The van der Waals surface area contributed by atoms with Gasteiger partial charge in [0.25, 0.3) is 8.32 Å². The number of hydrogen-bond donors (Lipinski definition) is 0. The molecule has 39 heavy (non-hydrogen) atoms.